The van der Waals surface area contributed by atoms with Crippen molar-refractivity contribution in [2.24, 2.45) is 7.05 Å². The van der Waals surface area contributed by atoms with Crippen LogP contribution in [0.5, 0.6) is 17.2 Å². The van der Waals surface area contributed by atoms with E-state index in [1.807, 2.05) is 54.6 Å². The highest BCUT2D eigenvalue weighted by molar-refractivity contribution is 14.1. The van der Waals surface area contributed by atoms with Gasteiger partial charge in [-0.3, -0.25) is 9.36 Å². The highest BCUT2D eigenvalue weighted by Gasteiger charge is 2.18. The Morgan fingerprint density at radius 2 is 1.76 bits per heavy atom. The SMILES string of the molecule is COc1ccc(Cn2nc(I)c3c(Oc4ccc(-c5cnc(Nc6ccccc6)n(C)c5=O)cc4F)ccnc32)cc1. The van der Waals surface area contributed by atoms with Crippen LogP contribution in [0.3, 0.4) is 0 Å². The lowest BCUT2D eigenvalue weighted by atomic mass is 10.1. The Labute approximate surface area is 253 Å². The van der Waals surface area contributed by atoms with Crippen LogP contribution in [-0.4, -0.2) is 31.4 Å². The van der Waals surface area contributed by atoms with E-state index in [9.17, 15) is 4.79 Å². The van der Waals surface area contributed by atoms with Gasteiger partial charge in [-0.2, -0.15) is 5.10 Å². The van der Waals surface area contributed by atoms with Crippen molar-refractivity contribution in [3.8, 4) is 28.4 Å². The topological polar surface area (TPSA) is 96.1 Å². The molecule has 0 radical (unpaired) electrons. The first-order valence-corrected chi connectivity index (χ1v) is 14.0. The largest absolute Gasteiger partial charge is 0.497 e. The van der Waals surface area contributed by atoms with Gasteiger partial charge in [0.05, 0.1) is 24.6 Å². The average Bonchev–Trinajstić information content (AvgIpc) is 3.33. The molecule has 3 heterocycles. The van der Waals surface area contributed by atoms with Crippen molar-refractivity contribution in [1.29, 1.82) is 0 Å². The van der Waals surface area contributed by atoms with Crippen LogP contribution in [0, 0.1) is 9.52 Å². The fraction of sp³-hybridized carbons (Fsp3) is 0.0968. The maximum absolute atomic E-state index is 15.4. The highest BCUT2D eigenvalue weighted by atomic mass is 127. The van der Waals surface area contributed by atoms with E-state index in [0.29, 0.717) is 38.5 Å². The molecular weight excluding hydrogens is 650 g/mol. The third-order valence-electron chi connectivity index (χ3n) is 6.70. The summed E-state index contributed by atoms with van der Waals surface area (Å²) in [6.45, 7) is 0.492. The van der Waals surface area contributed by atoms with Crippen LogP contribution in [0.1, 0.15) is 5.56 Å². The number of fused-ring (bicyclic) bond motifs is 1. The molecule has 1 N–H and O–H groups in total. The zero-order valence-electron chi connectivity index (χ0n) is 22.6. The van der Waals surface area contributed by atoms with Crippen LogP contribution < -0.4 is 20.3 Å². The Bertz CT molecular complexity index is 1960. The third-order valence-corrected chi connectivity index (χ3v) is 7.46. The molecule has 0 unspecified atom stereocenters. The van der Waals surface area contributed by atoms with Crippen molar-refractivity contribution in [3.63, 3.8) is 0 Å². The molecule has 9 nitrogen and oxygen atoms in total. The summed E-state index contributed by atoms with van der Waals surface area (Å²) in [5.41, 5.74) is 2.78. The summed E-state index contributed by atoms with van der Waals surface area (Å²) in [6, 6.07) is 23.2. The molecule has 3 aromatic carbocycles. The normalized spacial score (nSPS) is 11.0. The van der Waals surface area contributed by atoms with Crippen LogP contribution in [0.25, 0.3) is 22.2 Å². The van der Waals surface area contributed by atoms with Gasteiger partial charge in [0.15, 0.2) is 17.2 Å². The second-order valence-electron chi connectivity index (χ2n) is 9.40. The van der Waals surface area contributed by atoms with Crippen molar-refractivity contribution in [1.82, 2.24) is 24.3 Å². The second kappa shape index (κ2) is 11.6. The Hall–Kier alpha value is -4.78. The molecule has 0 atom stereocenters. The number of pyridine rings is 1. The molecule has 0 aliphatic rings. The minimum Gasteiger partial charge on any atom is -0.497 e. The Morgan fingerprint density at radius 3 is 2.50 bits per heavy atom. The van der Waals surface area contributed by atoms with E-state index in [1.54, 1.807) is 37.2 Å². The number of methoxy groups -OCH3 is 1. The first-order chi connectivity index (χ1) is 20.4. The lowest BCUT2D eigenvalue weighted by Crippen LogP contribution is -2.22. The molecule has 6 aromatic rings. The van der Waals surface area contributed by atoms with Gasteiger partial charge < -0.3 is 14.8 Å². The number of hydrogen-bond donors (Lipinski definition) is 1. The van der Waals surface area contributed by atoms with Gasteiger partial charge in [0, 0.05) is 31.2 Å². The van der Waals surface area contributed by atoms with Crippen LogP contribution in [0.15, 0.2) is 96.1 Å². The molecule has 42 heavy (non-hydrogen) atoms. The number of para-hydroxylation sites is 1. The number of anilines is 2. The smallest absolute Gasteiger partial charge is 0.262 e. The molecule has 0 saturated heterocycles. The first kappa shape index (κ1) is 27.4. The predicted octanol–water partition coefficient (Wildman–Crippen LogP) is 6.53. The monoisotopic (exact) mass is 674 g/mol. The number of nitrogens with zero attached hydrogens (tertiary/aromatic N) is 5. The summed E-state index contributed by atoms with van der Waals surface area (Å²) >= 11 is 2.12. The van der Waals surface area contributed by atoms with E-state index in [0.717, 1.165) is 17.0 Å². The fourth-order valence-corrected chi connectivity index (χ4v) is 5.27. The van der Waals surface area contributed by atoms with Crippen LogP contribution in [-0.2, 0) is 13.6 Å². The maximum Gasteiger partial charge on any atom is 0.262 e. The Kier molecular flexibility index (Phi) is 7.57. The van der Waals surface area contributed by atoms with E-state index in [-0.39, 0.29) is 16.9 Å². The molecule has 11 heteroatoms. The van der Waals surface area contributed by atoms with Crippen LogP contribution in [0.2, 0.25) is 0 Å². The number of aromatic nitrogens is 5. The van der Waals surface area contributed by atoms with Gasteiger partial charge in [-0.05, 0) is 70.1 Å². The van der Waals surface area contributed by atoms with E-state index >= 15 is 4.39 Å². The Morgan fingerprint density at radius 1 is 0.976 bits per heavy atom. The van der Waals surface area contributed by atoms with Crippen molar-refractivity contribution < 1.29 is 13.9 Å². The van der Waals surface area contributed by atoms with Crippen molar-refractivity contribution in [3.05, 3.63) is 117 Å². The number of ether oxygens (including phenoxy) is 2. The average molecular weight is 674 g/mol. The molecule has 0 spiro atoms. The fourth-order valence-electron chi connectivity index (χ4n) is 4.50. The molecule has 6 rings (SSSR count). The molecule has 0 fully saturated rings. The van der Waals surface area contributed by atoms with Gasteiger partial charge in [-0.1, -0.05) is 36.4 Å². The zero-order chi connectivity index (χ0) is 29.2. The number of nitrogens with one attached hydrogen (secondary N) is 1. The zero-order valence-corrected chi connectivity index (χ0v) is 24.7. The van der Waals surface area contributed by atoms with E-state index in [4.69, 9.17) is 9.47 Å². The van der Waals surface area contributed by atoms with Crippen LogP contribution in [0.4, 0.5) is 16.0 Å². The van der Waals surface area contributed by atoms with Gasteiger partial charge in [0.1, 0.15) is 15.2 Å². The van der Waals surface area contributed by atoms with Crippen molar-refractivity contribution >= 4 is 45.3 Å². The molecule has 3 aromatic heterocycles. The number of benzene rings is 3. The predicted molar refractivity (Wildman–Crippen MR) is 167 cm³/mol. The van der Waals surface area contributed by atoms with Gasteiger partial charge in [0.2, 0.25) is 5.95 Å². The summed E-state index contributed by atoms with van der Waals surface area (Å²) in [5.74, 6) is 0.961. The van der Waals surface area contributed by atoms with Gasteiger partial charge >= 0.3 is 0 Å². The second-order valence-corrected chi connectivity index (χ2v) is 10.4. The summed E-state index contributed by atoms with van der Waals surface area (Å²) < 4.78 is 30.5. The van der Waals surface area contributed by atoms with E-state index in [2.05, 4.69) is 43.0 Å². The van der Waals surface area contributed by atoms with Crippen LogP contribution >= 0.6 is 22.6 Å². The van der Waals surface area contributed by atoms with Gasteiger partial charge in [-0.25, -0.2) is 19.0 Å². The summed E-state index contributed by atoms with van der Waals surface area (Å²) in [6.07, 6.45) is 3.04. The first-order valence-electron chi connectivity index (χ1n) is 12.9. The molecule has 0 amide bonds. The minimum atomic E-state index is -0.619. The molecule has 210 valence electrons. The Balaban J connectivity index is 1.26. The molecule has 0 bridgehead atoms. The molecular formula is C31H24FIN6O3. The highest BCUT2D eigenvalue weighted by Crippen LogP contribution is 2.34. The maximum atomic E-state index is 15.4. The molecule has 0 aliphatic carbocycles. The van der Waals surface area contributed by atoms with Crippen molar-refractivity contribution in [2.45, 2.75) is 6.54 Å². The number of halogens is 2. The lowest BCUT2D eigenvalue weighted by molar-refractivity contribution is 0.414. The van der Waals surface area contributed by atoms with E-state index in [1.165, 1.54) is 22.9 Å². The van der Waals surface area contributed by atoms with Crippen molar-refractivity contribution in [2.75, 3.05) is 12.4 Å². The summed E-state index contributed by atoms with van der Waals surface area (Å²) in [5, 5.41) is 8.44. The minimum absolute atomic E-state index is 0.0112. The number of rotatable bonds is 8. The quantitative estimate of drug-likeness (QED) is 0.184. The van der Waals surface area contributed by atoms with Gasteiger partial charge in [-0.15, -0.1) is 0 Å². The standard InChI is InChI=1S/C31H24FIN6O3/c1-38-30(40)23(17-35-31(38)36-21-6-4-3-5-7-21)20-10-13-25(24(32)16-20)42-26-14-15-34-29-27(26)28(33)37-39(29)18-19-8-11-22(41-2)12-9-19/h3-17H,18H2,1-2H3,(H,35,36). The third kappa shape index (κ3) is 5.42. The molecule has 0 aliphatic heterocycles. The lowest BCUT2D eigenvalue weighted by Gasteiger charge is -2.12. The molecule has 0 saturated carbocycles. The number of hydrogen-bond acceptors (Lipinski definition) is 7. The van der Waals surface area contributed by atoms with Gasteiger partial charge in [0.25, 0.3) is 5.56 Å². The summed E-state index contributed by atoms with van der Waals surface area (Å²) in [4.78, 5) is 22.0. The summed E-state index contributed by atoms with van der Waals surface area (Å²) in [7, 11) is 3.24. The van der Waals surface area contributed by atoms with E-state index < -0.39 is 5.82 Å².